The van der Waals surface area contributed by atoms with Crippen LogP contribution in [0.5, 0.6) is 0 Å². The number of benzene rings is 2. The van der Waals surface area contributed by atoms with Gasteiger partial charge < -0.3 is 0 Å². The second-order valence-electron chi connectivity index (χ2n) is 3.10. The van der Waals surface area contributed by atoms with E-state index in [0.29, 0.717) is 0 Å². The van der Waals surface area contributed by atoms with Crippen molar-refractivity contribution in [3.63, 3.8) is 0 Å². The molecule has 0 radical (unpaired) electrons. The quantitative estimate of drug-likeness (QED) is 0.700. The van der Waals surface area contributed by atoms with Crippen molar-refractivity contribution in [1.82, 2.24) is 0 Å². The minimum absolute atomic E-state index is 0.346. The van der Waals surface area contributed by atoms with Gasteiger partial charge in [-0.15, -0.1) is 0 Å². The molecule has 0 aliphatic rings. The fourth-order valence-electron chi connectivity index (χ4n) is 1.56. The molecule has 0 saturated carbocycles. The zero-order chi connectivity index (χ0) is 9.97. The monoisotopic (exact) mass is 199 g/mol. The lowest BCUT2D eigenvalue weighted by Crippen LogP contribution is -1.87. The van der Waals surface area contributed by atoms with Crippen LogP contribution in [0.25, 0.3) is 10.8 Å². The fourth-order valence-corrected chi connectivity index (χ4v) is 1.78. The van der Waals surface area contributed by atoms with Gasteiger partial charge in [0.2, 0.25) is 0 Å². The Morgan fingerprint density at radius 1 is 1.07 bits per heavy atom. The molecule has 2 aromatic rings. The van der Waals surface area contributed by atoms with Gasteiger partial charge in [0.05, 0.1) is 6.07 Å². The van der Waals surface area contributed by atoms with Crippen molar-refractivity contribution >= 4 is 23.4 Å². The van der Waals surface area contributed by atoms with Crippen LogP contribution in [0.2, 0.25) is 0 Å². The Bertz CT molecular complexity index is 494. The van der Waals surface area contributed by atoms with Crippen molar-refractivity contribution in [1.29, 1.82) is 5.26 Å². The normalized spacial score (nSPS) is 12.3. The third kappa shape index (κ3) is 1.47. The number of nitrogens with zero attached hydrogens (tertiary/aromatic N) is 1. The molecule has 0 heterocycles. The van der Waals surface area contributed by atoms with Crippen molar-refractivity contribution in [3.05, 3.63) is 48.0 Å². The van der Waals surface area contributed by atoms with Gasteiger partial charge >= 0.3 is 0 Å². The topological polar surface area (TPSA) is 23.8 Å². The van der Waals surface area contributed by atoms with Gasteiger partial charge in [0.1, 0.15) is 5.25 Å². The standard InChI is InChI=1S/C12H9NS/c13-8-12(14)11-7-3-5-9-4-1-2-6-10(9)11/h1-7,12,14H/t12-/m1/s1. The van der Waals surface area contributed by atoms with Crippen LogP contribution in [0, 0.1) is 11.3 Å². The first-order valence-corrected chi connectivity index (χ1v) is 4.90. The molecule has 0 aliphatic heterocycles. The van der Waals surface area contributed by atoms with Crippen LogP contribution in [0.3, 0.4) is 0 Å². The predicted molar refractivity (Wildman–Crippen MR) is 61.3 cm³/mol. The first kappa shape index (κ1) is 9.11. The van der Waals surface area contributed by atoms with Crippen molar-refractivity contribution in [2.45, 2.75) is 5.25 Å². The summed E-state index contributed by atoms with van der Waals surface area (Å²) in [5, 5.41) is 10.7. The van der Waals surface area contributed by atoms with Crippen LogP contribution in [0.1, 0.15) is 10.8 Å². The van der Waals surface area contributed by atoms with Crippen LogP contribution >= 0.6 is 12.6 Å². The van der Waals surface area contributed by atoms with E-state index >= 15 is 0 Å². The van der Waals surface area contributed by atoms with Gasteiger partial charge in [-0.2, -0.15) is 17.9 Å². The van der Waals surface area contributed by atoms with Gasteiger partial charge in [0, 0.05) is 0 Å². The second kappa shape index (κ2) is 3.73. The molecule has 0 amide bonds. The highest BCUT2D eigenvalue weighted by Gasteiger charge is 2.07. The van der Waals surface area contributed by atoms with E-state index in [9.17, 15) is 0 Å². The average Bonchev–Trinajstić information content (AvgIpc) is 2.27. The minimum Gasteiger partial charge on any atom is -0.197 e. The maximum atomic E-state index is 8.82. The van der Waals surface area contributed by atoms with Gasteiger partial charge in [0.25, 0.3) is 0 Å². The van der Waals surface area contributed by atoms with Crippen LogP contribution in [0.15, 0.2) is 42.5 Å². The SMILES string of the molecule is N#C[C@@H](S)c1cccc2ccccc12. The zero-order valence-electron chi connectivity index (χ0n) is 7.51. The first-order valence-electron chi connectivity index (χ1n) is 4.38. The molecule has 0 fully saturated rings. The van der Waals surface area contributed by atoms with Gasteiger partial charge in [-0.05, 0) is 16.3 Å². The lowest BCUT2D eigenvalue weighted by Gasteiger charge is -2.06. The molecule has 0 saturated heterocycles. The summed E-state index contributed by atoms with van der Waals surface area (Å²) in [5.41, 5.74) is 0.980. The molecule has 0 bridgehead atoms. The Morgan fingerprint density at radius 2 is 1.79 bits per heavy atom. The minimum atomic E-state index is -0.346. The molecular weight excluding hydrogens is 190 g/mol. The average molecular weight is 199 g/mol. The Labute approximate surface area is 88.4 Å². The van der Waals surface area contributed by atoms with Crippen LogP contribution in [0.4, 0.5) is 0 Å². The summed E-state index contributed by atoms with van der Waals surface area (Å²) in [7, 11) is 0. The molecule has 2 heteroatoms. The van der Waals surface area contributed by atoms with E-state index in [1.54, 1.807) is 0 Å². The molecular formula is C12H9NS. The predicted octanol–water partition coefficient (Wildman–Crippen LogP) is 3.33. The van der Waals surface area contributed by atoms with E-state index in [-0.39, 0.29) is 5.25 Å². The highest BCUT2D eigenvalue weighted by Crippen LogP contribution is 2.27. The van der Waals surface area contributed by atoms with Crippen LogP contribution in [-0.4, -0.2) is 0 Å². The number of nitriles is 1. The van der Waals surface area contributed by atoms with Crippen molar-refractivity contribution in [2.24, 2.45) is 0 Å². The fraction of sp³-hybridized carbons (Fsp3) is 0.0833. The molecule has 0 spiro atoms. The molecule has 0 unspecified atom stereocenters. The molecule has 1 nitrogen and oxygen atoms in total. The number of rotatable bonds is 1. The van der Waals surface area contributed by atoms with Crippen molar-refractivity contribution in [2.75, 3.05) is 0 Å². The number of thiol groups is 1. The molecule has 0 N–H and O–H groups in total. The van der Waals surface area contributed by atoms with E-state index < -0.39 is 0 Å². The van der Waals surface area contributed by atoms with Crippen LogP contribution in [-0.2, 0) is 0 Å². The van der Waals surface area contributed by atoms with E-state index in [2.05, 4.69) is 18.7 Å². The molecule has 2 aromatic carbocycles. The van der Waals surface area contributed by atoms with Gasteiger partial charge in [-0.25, -0.2) is 0 Å². The number of hydrogen-bond donors (Lipinski definition) is 1. The van der Waals surface area contributed by atoms with E-state index in [1.165, 1.54) is 0 Å². The Kier molecular flexibility index (Phi) is 2.43. The molecule has 0 aliphatic carbocycles. The lowest BCUT2D eigenvalue weighted by molar-refractivity contribution is 1.26. The summed E-state index contributed by atoms with van der Waals surface area (Å²) in [5.74, 6) is 0. The zero-order valence-corrected chi connectivity index (χ0v) is 8.41. The second-order valence-corrected chi connectivity index (χ2v) is 3.62. The summed E-state index contributed by atoms with van der Waals surface area (Å²) >= 11 is 4.23. The van der Waals surface area contributed by atoms with Crippen LogP contribution < -0.4 is 0 Å². The van der Waals surface area contributed by atoms with E-state index in [4.69, 9.17) is 5.26 Å². The summed E-state index contributed by atoms with van der Waals surface area (Å²) in [4.78, 5) is 0. The summed E-state index contributed by atoms with van der Waals surface area (Å²) in [6.07, 6.45) is 0. The maximum Gasteiger partial charge on any atom is 0.114 e. The Morgan fingerprint density at radius 3 is 2.57 bits per heavy atom. The van der Waals surface area contributed by atoms with Gasteiger partial charge in [0.15, 0.2) is 0 Å². The van der Waals surface area contributed by atoms with E-state index in [1.807, 2.05) is 42.5 Å². The molecule has 2 rings (SSSR count). The largest absolute Gasteiger partial charge is 0.197 e. The third-order valence-corrected chi connectivity index (χ3v) is 2.63. The Balaban J connectivity index is 2.72. The highest BCUT2D eigenvalue weighted by atomic mass is 32.1. The Hall–Kier alpha value is -1.46. The smallest absolute Gasteiger partial charge is 0.114 e. The molecule has 14 heavy (non-hydrogen) atoms. The summed E-state index contributed by atoms with van der Waals surface area (Å²) < 4.78 is 0. The number of fused-ring (bicyclic) bond motifs is 1. The molecule has 0 aromatic heterocycles. The van der Waals surface area contributed by atoms with Crippen molar-refractivity contribution in [3.8, 4) is 6.07 Å². The van der Waals surface area contributed by atoms with Crippen molar-refractivity contribution < 1.29 is 0 Å². The highest BCUT2D eigenvalue weighted by molar-refractivity contribution is 7.80. The van der Waals surface area contributed by atoms with Gasteiger partial charge in [-0.1, -0.05) is 42.5 Å². The van der Waals surface area contributed by atoms with Gasteiger partial charge in [-0.3, -0.25) is 0 Å². The molecule has 1 atom stereocenters. The third-order valence-electron chi connectivity index (χ3n) is 2.24. The summed E-state index contributed by atoms with van der Waals surface area (Å²) in [6.45, 7) is 0. The first-order chi connectivity index (χ1) is 6.83. The molecule has 68 valence electrons. The van der Waals surface area contributed by atoms with E-state index in [0.717, 1.165) is 16.3 Å². The number of hydrogen-bond acceptors (Lipinski definition) is 2. The summed E-state index contributed by atoms with van der Waals surface area (Å²) in [6, 6.07) is 16.1. The lowest BCUT2D eigenvalue weighted by atomic mass is 10.0. The maximum absolute atomic E-state index is 8.82.